The number of nitrogens with zero attached hydrogens (tertiary/aromatic N) is 1. The number of rotatable bonds is 5. The Bertz CT molecular complexity index is 339. The van der Waals surface area contributed by atoms with E-state index in [0.29, 0.717) is 18.5 Å². The van der Waals surface area contributed by atoms with Gasteiger partial charge in [-0.25, -0.2) is 0 Å². The molecule has 0 unspecified atom stereocenters. The van der Waals surface area contributed by atoms with Gasteiger partial charge in [0.2, 0.25) is 0 Å². The highest BCUT2D eigenvalue weighted by atomic mass is 16.5. The number of carbonyl (C=O) groups excluding carboxylic acids is 1. The van der Waals surface area contributed by atoms with Crippen LogP contribution < -0.4 is 4.90 Å². The van der Waals surface area contributed by atoms with Gasteiger partial charge in [0.05, 0.1) is 12.2 Å². The first-order valence-electron chi connectivity index (χ1n) is 4.67. The summed E-state index contributed by atoms with van der Waals surface area (Å²) in [5.74, 6) is 0.00627. The Morgan fingerprint density at radius 2 is 2.27 bits per heavy atom. The van der Waals surface area contributed by atoms with Gasteiger partial charge >= 0.3 is 0 Å². The lowest BCUT2D eigenvalue weighted by Crippen LogP contribution is -2.21. The maximum Gasteiger partial charge on any atom is 0.153 e. The zero-order chi connectivity index (χ0) is 11.3. The van der Waals surface area contributed by atoms with E-state index in [9.17, 15) is 9.90 Å². The van der Waals surface area contributed by atoms with Gasteiger partial charge in [-0.05, 0) is 12.1 Å². The number of hydrogen-bond acceptors (Lipinski definition) is 4. The number of methoxy groups -OCH3 is 1. The number of phenolic OH excluding ortho intramolecular Hbond substituents is 1. The van der Waals surface area contributed by atoms with Crippen molar-refractivity contribution in [3.8, 4) is 5.75 Å². The van der Waals surface area contributed by atoms with Crippen molar-refractivity contribution in [2.24, 2.45) is 0 Å². The molecule has 1 rings (SSSR count). The van der Waals surface area contributed by atoms with E-state index in [-0.39, 0.29) is 5.75 Å². The maximum atomic E-state index is 10.5. The van der Waals surface area contributed by atoms with Gasteiger partial charge in [0.15, 0.2) is 6.29 Å². The predicted octanol–water partition coefficient (Wildman–Crippen LogP) is 1.29. The second-order valence-electron chi connectivity index (χ2n) is 3.28. The second kappa shape index (κ2) is 5.36. The molecule has 0 aliphatic carbocycles. The first kappa shape index (κ1) is 11.5. The number of likely N-dealkylation sites (N-methyl/N-ethyl adjacent to an activating group) is 1. The predicted molar refractivity (Wildman–Crippen MR) is 58.6 cm³/mol. The Labute approximate surface area is 89.1 Å². The van der Waals surface area contributed by atoms with E-state index in [0.717, 1.165) is 12.2 Å². The molecule has 1 aromatic carbocycles. The second-order valence-corrected chi connectivity index (χ2v) is 3.28. The van der Waals surface area contributed by atoms with E-state index in [1.165, 1.54) is 0 Å². The highest BCUT2D eigenvalue weighted by Crippen LogP contribution is 2.22. The summed E-state index contributed by atoms with van der Waals surface area (Å²) >= 11 is 0. The van der Waals surface area contributed by atoms with Crippen LogP contribution in [0, 0.1) is 0 Å². The van der Waals surface area contributed by atoms with Crippen LogP contribution in [0.2, 0.25) is 0 Å². The van der Waals surface area contributed by atoms with Crippen LogP contribution in [0.4, 0.5) is 5.69 Å². The van der Waals surface area contributed by atoms with Crippen molar-refractivity contribution >= 4 is 12.0 Å². The summed E-state index contributed by atoms with van der Waals surface area (Å²) in [6.07, 6.45) is 0.633. The summed E-state index contributed by atoms with van der Waals surface area (Å²) in [7, 11) is 3.54. The van der Waals surface area contributed by atoms with Crippen LogP contribution in [0.25, 0.3) is 0 Å². The Morgan fingerprint density at radius 3 is 2.80 bits per heavy atom. The molecule has 0 bridgehead atoms. The number of aldehydes is 1. The van der Waals surface area contributed by atoms with E-state index < -0.39 is 0 Å². The normalized spacial score (nSPS) is 10.0. The van der Waals surface area contributed by atoms with Crippen LogP contribution in [0.5, 0.6) is 5.75 Å². The zero-order valence-electron chi connectivity index (χ0n) is 8.93. The van der Waals surface area contributed by atoms with Crippen molar-refractivity contribution < 1.29 is 14.6 Å². The fraction of sp³-hybridized carbons (Fsp3) is 0.364. The molecule has 15 heavy (non-hydrogen) atoms. The average molecular weight is 209 g/mol. The standard InChI is InChI=1S/C11H15NO3/c1-12(5-6-15-2)10-4-3-9(8-13)11(14)7-10/h3-4,7-8,14H,5-6H2,1-2H3. The van der Waals surface area contributed by atoms with Crippen molar-refractivity contribution in [1.82, 2.24) is 0 Å². The minimum absolute atomic E-state index is 0.00627. The Kier molecular flexibility index (Phi) is 4.12. The lowest BCUT2D eigenvalue weighted by atomic mass is 10.2. The molecule has 0 fully saturated rings. The number of carbonyl (C=O) groups is 1. The SMILES string of the molecule is COCCN(C)c1ccc(C=O)c(O)c1. The Morgan fingerprint density at radius 1 is 1.53 bits per heavy atom. The van der Waals surface area contributed by atoms with Gasteiger partial charge in [-0.2, -0.15) is 0 Å². The third-order valence-electron chi connectivity index (χ3n) is 2.21. The number of aromatic hydroxyl groups is 1. The third kappa shape index (κ3) is 2.95. The van der Waals surface area contributed by atoms with Crippen molar-refractivity contribution in [3.63, 3.8) is 0 Å². The minimum Gasteiger partial charge on any atom is -0.507 e. The summed E-state index contributed by atoms with van der Waals surface area (Å²) in [4.78, 5) is 12.4. The molecule has 0 aliphatic rings. The molecule has 82 valence electrons. The molecule has 0 heterocycles. The molecule has 1 N–H and O–H groups in total. The molecule has 4 nitrogen and oxygen atoms in total. The highest BCUT2D eigenvalue weighted by molar-refractivity contribution is 5.80. The summed E-state index contributed by atoms with van der Waals surface area (Å²) in [5, 5.41) is 9.48. The fourth-order valence-electron chi connectivity index (χ4n) is 1.23. The first-order valence-corrected chi connectivity index (χ1v) is 4.67. The fourth-order valence-corrected chi connectivity index (χ4v) is 1.23. The molecule has 1 aromatic rings. The molecular formula is C11H15NO3. The maximum absolute atomic E-state index is 10.5. The quantitative estimate of drug-likeness (QED) is 0.742. The molecule has 0 atom stereocenters. The van der Waals surface area contributed by atoms with Gasteiger partial charge in [0.1, 0.15) is 5.75 Å². The van der Waals surface area contributed by atoms with Gasteiger partial charge in [0, 0.05) is 32.5 Å². The van der Waals surface area contributed by atoms with Crippen molar-refractivity contribution in [1.29, 1.82) is 0 Å². The van der Waals surface area contributed by atoms with Crippen LogP contribution in [0.1, 0.15) is 10.4 Å². The van der Waals surface area contributed by atoms with E-state index in [4.69, 9.17) is 4.74 Å². The number of phenols is 1. The zero-order valence-corrected chi connectivity index (χ0v) is 8.93. The van der Waals surface area contributed by atoms with Gasteiger partial charge in [-0.3, -0.25) is 4.79 Å². The van der Waals surface area contributed by atoms with Gasteiger partial charge in [0.25, 0.3) is 0 Å². The van der Waals surface area contributed by atoms with Gasteiger partial charge in [-0.1, -0.05) is 0 Å². The summed E-state index contributed by atoms with van der Waals surface area (Å²) in [5.41, 5.74) is 1.16. The smallest absolute Gasteiger partial charge is 0.153 e. The van der Waals surface area contributed by atoms with E-state index in [1.54, 1.807) is 25.3 Å². The molecule has 0 amide bonds. The van der Waals surface area contributed by atoms with Gasteiger partial charge < -0.3 is 14.7 Å². The monoisotopic (exact) mass is 209 g/mol. The molecule has 0 saturated carbocycles. The molecule has 0 aliphatic heterocycles. The van der Waals surface area contributed by atoms with E-state index >= 15 is 0 Å². The van der Waals surface area contributed by atoms with Crippen LogP contribution >= 0.6 is 0 Å². The molecule has 0 saturated heterocycles. The van der Waals surface area contributed by atoms with E-state index in [1.807, 2.05) is 11.9 Å². The minimum atomic E-state index is 0.00627. The van der Waals surface area contributed by atoms with Crippen molar-refractivity contribution in [2.45, 2.75) is 0 Å². The lowest BCUT2D eigenvalue weighted by molar-refractivity contribution is 0.112. The number of anilines is 1. The van der Waals surface area contributed by atoms with Crippen molar-refractivity contribution in [3.05, 3.63) is 23.8 Å². The Hall–Kier alpha value is -1.55. The van der Waals surface area contributed by atoms with Crippen LogP contribution in [-0.2, 0) is 4.74 Å². The first-order chi connectivity index (χ1) is 7.19. The van der Waals surface area contributed by atoms with E-state index in [2.05, 4.69) is 0 Å². The topological polar surface area (TPSA) is 49.8 Å². The Balaban J connectivity index is 2.77. The van der Waals surface area contributed by atoms with Gasteiger partial charge in [-0.15, -0.1) is 0 Å². The van der Waals surface area contributed by atoms with Crippen LogP contribution in [0.3, 0.4) is 0 Å². The largest absolute Gasteiger partial charge is 0.507 e. The lowest BCUT2D eigenvalue weighted by Gasteiger charge is -2.19. The number of ether oxygens (including phenoxy) is 1. The number of benzene rings is 1. The van der Waals surface area contributed by atoms with Crippen LogP contribution in [0.15, 0.2) is 18.2 Å². The average Bonchev–Trinajstić information content (AvgIpc) is 2.25. The highest BCUT2D eigenvalue weighted by Gasteiger charge is 2.04. The molecule has 4 heteroatoms. The van der Waals surface area contributed by atoms with Crippen molar-refractivity contribution in [2.75, 3.05) is 32.2 Å². The summed E-state index contributed by atoms with van der Waals surface area (Å²) in [6, 6.07) is 4.96. The third-order valence-corrected chi connectivity index (χ3v) is 2.21. The summed E-state index contributed by atoms with van der Waals surface area (Å²) in [6.45, 7) is 1.35. The summed E-state index contributed by atoms with van der Waals surface area (Å²) < 4.78 is 4.95. The van der Waals surface area contributed by atoms with Crippen LogP contribution in [-0.4, -0.2) is 38.7 Å². The molecule has 0 radical (unpaired) electrons. The molecular weight excluding hydrogens is 194 g/mol. The number of hydrogen-bond donors (Lipinski definition) is 1. The molecule has 0 aromatic heterocycles. The molecule has 0 spiro atoms.